The Kier molecular flexibility index (Phi) is 3.31. The lowest BCUT2D eigenvalue weighted by Crippen LogP contribution is -2.13. The Balaban J connectivity index is 2.00. The Hall–Kier alpha value is -2.47. The molecule has 106 valence electrons. The number of pyridine rings is 1. The predicted octanol–water partition coefficient (Wildman–Crippen LogP) is 3.01. The summed E-state index contributed by atoms with van der Waals surface area (Å²) in [4.78, 5) is 20.4. The molecule has 0 saturated carbocycles. The Morgan fingerprint density at radius 1 is 1.38 bits per heavy atom. The third kappa shape index (κ3) is 2.57. The molecule has 0 unspecified atom stereocenters. The van der Waals surface area contributed by atoms with Crippen molar-refractivity contribution < 1.29 is 9.18 Å². The number of nitrogens with zero attached hydrogens (tertiary/aromatic N) is 3. The van der Waals surface area contributed by atoms with E-state index in [-0.39, 0.29) is 16.5 Å². The Bertz CT molecular complexity index is 846. The molecule has 1 N–H and O–H groups in total. The highest BCUT2D eigenvalue weighted by atomic mass is 35.5. The number of halogens is 2. The number of hydrogen-bond acceptors (Lipinski definition) is 3. The van der Waals surface area contributed by atoms with Crippen molar-refractivity contribution in [2.24, 2.45) is 7.05 Å². The highest BCUT2D eigenvalue weighted by Gasteiger charge is 2.14. The first kappa shape index (κ1) is 13.5. The fourth-order valence-corrected chi connectivity index (χ4v) is 2.18. The van der Waals surface area contributed by atoms with Crippen LogP contribution in [0, 0.1) is 5.82 Å². The summed E-state index contributed by atoms with van der Waals surface area (Å²) in [5, 5.41) is 2.84. The van der Waals surface area contributed by atoms with Crippen molar-refractivity contribution >= 4 is 34.4 Å². The van der Waals surface area contributed by atoms with Crippen molar-refractivity contribution in [2.75, 3.05) is 5.32 Å². The van der Waals surface area contributed by atoms with Crippen LogP contribution in [0.1, 0.15) is 10.4 Å². The third-order valence-corrected chi connectivity index (χ3v) is 3.19. The average molecular weight is 305 g/mol. The van der Waals surface area contributed by atoms with Crippen LogP contribution in [-0.2, 0) is 7.05 Å². The van der Waals surface area contributed by atoms with Crippen molar-refractivity contribution in [1.82, 2.24) is 14.5 Å². The molecule has 0 aliphatic rings. The van der Waals surface area contributed by atoms with Gasteiger partial charge < -0.3 is 9.88 Å². The largest absolute Gasteiger partial charge is 0.334 e. The van der Waals surface area contributed by atoms with Gasteiger partial charge in [-0.25, -0.2) is 14.4 Å². The Morgan fingerprint density at radius 3 is 2.95 bits per heavy atom. The number of aromatic nitrogens is 3. The smallest absolute Gasteiger partial charge is 0.256 e. The van der Waals surface area contributed by atoms with Crippen LogP contribution in [0.3, 0.4) is 0 Å². The zero-order valence-electron chi connectivity index (χ0n) is 11.0. The van der Waals surface area contributed by atoms with Gasteiger partial charge in [0.2, 0.25) is 0 Å². The van der Waals surface area contributed by atoms with Gasteiger partial charge in [0.25, 0.3) is 5.91 Å². The van der Waals surface area contributed by atoms with Gasteiger partial charge in [0.1, 0.15) is 16.5 Å². The molecule has 2 aromatic heterocycles. The topological polar surface area (TPSA) is 59.8 Å². The summed E-state index contributed by atoms with van der Waals surface area (Å²) in [5.41, 5.74) is 1.46. The molecule has 7 heteroatoms. The average Bonchev–Trinajstić information content (AvgIpc) is 2.80. The van der Waals surface area contributed by atoms with Gasteiger partial charge in [-0.15, -0.1) is 0 Å². The van der Waals surface area contributed by atoms with E-state index in [1.807, 2.05) is 7.05 Å². The number of amides is 1. The molecule has 5 nitrogen and oxygen atoms in total. The van der Waals surface area contributed by atoms with E-state index in [2.05, 4.69) is 15.3 Å². The first-order valence-corrected chi connectivity index (χ1v) is 6.47. The molecular weight excluding hydrogens is 295 g/mol. The summed E-state index contributed by atoms with van der Waals surface area (Å²) in [5.74, 6) is -0.715. The summed E-state index contributed by atoms with van der Waals surface area (Å²) in [6.07, 6.45) is 1.60. The predicted molar refractivity (Wildman–Crippen MR) is 77.9 cm³/mol. The Labute approximate surface area is 124 Å². The molecule has 0 atom stereocenters. The van der Waals surface area contributed by atoms with Gasteiger partial charge in [0.15, 0.2) is 5.82 Å². The van der Waals surface area contributed by atoms with E-state index in [0.717, 1.165) is 11.6 Å². The van der Waals surface area contributed by atoms with E-state index in [9.17, 15) is 9.18 Å². The number of rotatable bonds is 2. The van der Waals surface area contributed by atoms with Gasteiger partial charge in [-0.05, 0) is 18.2 Å². The zero-order valence-corrected chi connectivity index (χ0v) is 11.7. The number of carbonyl (C=O) groups is 1. The quantitative estimate of drug-likeness (QED) is 0.740. The minimum atomic E-state index is -0.482. The standard InChI is InChI=1S/C14H10ClFN4O/c1-20-7-17-12-10(20)6-11(15)18-13(12)19-14(21)8-3-2-4-9(16)5-8/h2-7H,1H3,(H,18,19,21). The summed E-state index contributed by atoms with van der Waals surface area (Å²) in [6, 6.07) is 7.05. The van der Waals surface area contributed by atoms with E-state index in [0.29, 0.717) is 5.52 Å². The van der Waals surface area contributed by atoms with Crippen LogP contribution in [-0.4, -0.2) is 20.4 Å². The van der Waals surface area contributed by atoms with Crippen molar-refractivity contribution in [2.45, 2.75) is 0 Å². The van der Waals surface area contributed by atoms with E-state index in [1.54, 1.807) is 17.0 Å². The highest BCUT2D eigenvalue weighted by molar-refractivity contribution is 6.30. The monoisotopic (exact) mass is 304 g/mol. The number of fused-ring (bicyclic) bond motifs is 1. The molecule has 0 fully saturated rings. The van der Waals surface area contributed by atoms with Crippen LogP contribution in [0.4, 0.5) is 10.2 Å². The summed E-state index contributed by atoms with van der Waals surface area (Å²) in [6.45, 7) is 0. The molecule has 0 aliphatic carbocycles. The molecule has 3 rings (SSSR count). The lowest BCUT2D eigenvalue weighted by Gasteiger charge is -2.06. The second-order valence-electron chi connectivity index (χ2n) is 4.48. The lowest BCUT2D eigenvalue weighted by atomic mass is 10.2. The molecule has 0 aliphatic heterocycles. The number of anilines is 1. The Morgan fingerprint density at radius 2 is 2.19 bits per heavy atom. The molecule has 0 spiro atoms. The minimum absolute atomic E-state index is 0.195. The SMILES string of the molecule is Cn1cnc2c(NC(=O)c3cccc(F)c3)nc(Cl)cc21. The number of hydrogen-bond donors (Lipinski definition) is 1. The van der Waals surface area contributed by atoms with Gasteiger partial charge in [0.05, 0.1) is 11.8 Å². The maximum atomic E-state index is 13.2. The molecule has 0 bridgehead atoms. The second kappa shape index (κ2) is 5.14. The van der Waals surface area contributed by atoms with Gasteiger partial charge >= 0.3 is 0 Å². The molecule has 0 radical (unpaired) electrons. The van der Waals surface area contributed by atoms with Crippen LogP contribution < -0.4 is 5.32 Å². The number of carbonyl (C=O) groups excluding carboxylic acids is 1. The van der Waals surface area contributed by atoms with E-state index in [1.165, 1.54) is 18.2 Å². The van der Waals surface area contributed by atoms with Crippen LogP contribution in [0.25, 0.3) is 11.0 Å². The fourth-order valence-electron chi connectivity index (χ4n) is 1.99. The van der Waals surface area contributed by atoms with Gasteiger partial charge in [0, 0.05) is 18.7 Å². The highest BCUT2D eigenvalue weighted by Crippen LogP contribution is 2.23. The third-order valence-electron chi connectivity index (χ3n) is 3.00. The van der Waals surface area contributed by atoms with Crippen molar-refractivity contribution in [3.63, 3.8) is 0 Å². The van der Waals surface area contributed by atoms with E-state index >= 15 is 0 Å². The fraction of sp³-hybridized carbons (Fsp3) is 0.0714. The maximum Gasteiger partial charge on any atom is 0.256 e. The lowest BCUT2D eigenvalue weighted by molar-refractivity contribution is 0.102. The van der Waals surface area contributed by atoms with Gasteiger partial charge in [-0.2, -0.15) is 0 Å². The van der Waals surface area contributed by atoms with E-state index < -0.39 is 11.7 Å². The molecule has 3 aromatic rings. The van der Waals surface area contributed by atoms with Crippen LogP contribution in [0.5, 0.6) is 0 Å². The van der Waals surface area contributed by atoms with Crippen LogP contribution in [0.2, 0.25) is 5.15 Å². The summed E-state index contributed by atoms with van der Waals surface area (Å²) >= 11 is 5.94. The number of benzene rings is 1. The first-order chi connectivity index (χ1) is 10.0. The van der Waals surface area contributed by atoms with Crippen molar-refractivity contribution in [3.05, 3.63) is 53.2 Å². The van der Waals surface area contributed by atoms with Crippen LogP contribution in [0.15, 0.2) is 36.7 Å². The summed E-state index contributed by atoms with van der Waals surface area (Å²) in [7, 11) is 1.81. The molecule has 21 heavy (non-hydrogen) atoms. The number of imidazole rings is 1. The normalized spacial score (nSPS) is 10.8. The molecule has 1 amide bonds. The minimum Gasteiger partial charge on any atom is -0.334 e. The van der Waals surface area contributed by atoms with Crippen molar-refractivity contribution in [3.8, 4) is 0 Å². The maximum absolute atomic E-state index is 13.2. The zero-order chi connectivity index (χ0) is 15.0. The van der Waals surface area contributed by atoms with Crippen molar-refractivity contribution in [1.29, 1.82) is 0 Å². The molecule has 2 heterocycles. The van der Waals surface area contributed by atoms with Gasteiger partial charge in [-0.3, -0.25) is 4.79 Å². The second-order valence-corrected chi connectivity index (χ2v) is 4.87. The first-order valence-electron chi connectivity index (χ1n) is 6.09. The molecule has 0 saturated heterocycles. The van der Waals surface area contributed by atoms with E-state index in [4.69, 9.17) is 11.6 Å². The number of nitrogens with one attached hydrogen (secondary N) is 1. The van der Waals surface area contributed by atoms with Crippen LogP contribution >= 0.6 is 11.6 Å². The molecular formula is C14H10ClFN4O. The number of aryl methyl sites for hydroxylation is 1. The molecule has 1 aromatic carbocycles. The summed E-state index contributed by atoms with van der Waals surface area (Å²) < 4.78 is 14.9. The van der Waals surface area contributed by atoms with Gasteiger partial charge in [-0.1, -0.05) is 17.7 Å².